The van der Waals surface area contributed by atoms with Crippen molar-refractivity contribution in [3.8, 4) is 0 Å². The third kappa shape index (κ3) is 9.68. The summed E-state index contributed by atoms with van der Waals surface area (Å²) in [6.07, 6.45) is 3.44. The van der Waals surface area contributed by atoms with Crippen LogP contribution in [0.25, 0.3) is 0 Å². The van der Waals surface area contributed by atoms with Crippen LogP contribution in [0.4, 0.5) is 5.69 Å². The van der Waals surface area contributed by atoms with Gasteiger partial charge in [-0.25, -0.2) is 4.72 Å². The number of carbonyl (C=O) groups is 2. The van der Waals surface area contributed by atoms with Gasteiger partial charge in [0.2, 0.25) is 5.91 Å². The highest BCUT2D eigenvalue weighted by Crippen LogP contribution is 2.35. The molecular formula is C21H37BrN4O3S. The minimum atomic E-state index is 0.0898. The number of halogens is 1. The van der Waals surface area contributed by atoms with Crippen LogP contribution < -0.4 is 15.4 Å². The van der Waals surface area contributed by atoms with Gasteiger partial charge in [-0.2, -0.15) is 0 Å². The molecule has 1 aromatic carbocycles. The fourth-order valence-corrected chi connectivity index (χ4v) is 4.31. The number of hydrogen-bond acceptors (Lipinski definition) is 7. The average Bonchev–Trinajstić information content (AvgIpc) is 3.26. The van der Waals surface area contributed by atoms with E-state index in [4.69, 9.17) is 4.79 Å². The Morgan fingerprint density at radius 3 is 2.60 bits per heavy atom. The predicted molar refractivity (Wildman–Crippen MR) is 130 cm³/mol. The zero-order valence-corrected chi connectivity index (χ0v) is 21.4. The van der Waals surface area contributed by atoms with E-state index in [1.54, 1.807) is 11.9 Å². The monoisotopic (exact) mass is 504 g/mol. The highest BCUT2D eigenvalue weighted by molar-refractivity contribution is 9.10. The number of nitrogens with zero attached hydrogens (tertiary/aromatic N) is 1. The number of methoxy groups -OCH3 is 1. The highest BCUT2D eigenvalue weighted by Gasteiger charge is 2.36. The van der Waals surface area contributed by atoms with E-state index in [2.05, 4.69) is 62.0 Å². The largest absolute Gasteiger partial charge is 0.471 e. The number of nitrogens with one attached hydrogen (secondary N) is 3. The van der Waals surface area contributed by atoms with Gasteiger partial charge in [-0.05, 0) is 50.0 Å². The van der Waals surface area contributed by atoms with Gasteiger partial charge in [0.1, 0.15) is 6.17 Å². The number of amides is 1. The first-order valence-corrected chi connectivity index (χ1v) is 12.0. The van der Waals surface area contributed by atoms with Crippen molar-refractivity contribution in [2.45, 2.75) is 64.1 Å². The molecule has 2 atom stereocenters. The summed E-state index contributed by atoms with van der Waals surface area (Å²) < 4.78 is 8.37. The van der Waals surface area contributed by atoms with Gasteiger partial charge in [0.15, 0.2) is 0 Å². The lowest BCUT2D eigenvalue weighted by Crippen LogP contribution is -2.53. The Kier molecular flexibility index (Phi) is 16.6. The topological polar surface area (TPSA) is 82.7 Å². The van der Waals surface area contributed by atoms with E-state index >= 15 is 0 Å². The van der Waals surface area contributed by atoms with Crippen LogP contribution in [0.3, 0.4) is 0 Å². The third-order valence-electron chi connectivity index (χ3n) is 3.98. The lowest BCUT2D eigenvalue weighted by Gasteiger charge is -2.36. The van der Waals surface area contributed by atoms with Crippen LogP contribution in [-0.2, 0) is 14.3 Å². The SMILES string of the molecule is CC.CCC.CNCC(=O)N1CCCC1[C@H]1NSc2cc(Br)ccc2N1.COC=O. The van der Waals surface area contributed by atoms with Gasteiger partial charge in [-0.1, -0.05) is 50.0 Å². The Hall–Kier alpha value is -1.29. The second kappa shape index (κ2) is 17.4. The Bertz CT molecular complexity index is 622. The van der Waals surface area contributed by atoms with E-state index in [-0.39, 0.29) is 18.1 Å². The van der Waals surface area contributed by atoms with Crippen molar-refractivity contribution < 1.29 is 14.3 Å². The van der Waals surface area contributed by atoms with Gasteiger partial charge in [0.05, 0.1) is 25.4 Å². The zero-order valence-electron chi connectivity index (χ0n) is 19.0. The van der Waals surface area contributed by atoms with E-state index in [1.807, 2.05) is 31.9 Å². The second-order valence-electron chi connectivity index (χ2n) is 6.35. The molecule has 1 saturated heterocycles. The maximum Gasteiger partial charge on any atom is 0.292 e. The summed E-state index contributed by atoms with van der Waals surface area (Å²) in [5.41, 5.74) is 1.12. The average molecular weight is 506 g/mol. The van der Waals surface area contributed by atoms with E-state index in [1.165, 1.54) is 18.4 Å². The smallest absolute Gasteiger partial charge is 0.292 e. The second-order valence-corrected chi connectivity index (χ2v) is 8.14. The molecular weight excluding hydrogens is 468 g/mol. The van der Waals surface area contributed by atoms with Gasteiger partial charge in [0.25, 0.3) is 6.47 Å². The lowest BCUT2D eigenvalue weighted by molar-refractivity contribution is -0.131. The molecule has 1 amide bonds. The Labute approximate surface area is 194 Å². The van der Waals surface area contributed by atoms with Crippen LogP contribution in [0.5, 0.6) is 0 Å². The third-order valence-corrected chi connectivity index (χ3v) is 5.40. The molecule has 0 saturated carbocycles. The van der Waals surface area contributed by atoms with Crippen LogP contribution in [0.1, 0.15) is 47.0 Å². The number of benzene rings is 1. The summed E-state index contributed by atoms with van der Waals surface area (Å²) in [5, 5.41) is 6.47. The van der Waals surface area contributed by atoms with Crippen molar-refractivity contribution in [2.75, 3.05) is 32.6 Å². The van der Waals surface area contributed by atoms with E-state index in [0.29, 0.717) is 13.0 Å². The normalized spacial score (nSPS) is 18.7. The quantitative estimate of drug-likeness (QED) is 0.417. The molecule has 9 heteroatoms. The number of hydrogen-bond donors (Lipinski definition) is 3. The fraction of sp³-hybridized carbons (Fsp3) is 0.619. The van der Waals surface area contributed by atoms with Gasteiger partial charge in [0, 0.05) is 15.9 Å². The molecule has 2 aliphatic heterocycles. The van der Waals surface area contributed by atoms with Gasteiger partial charge in [-0.3, -0.25) is 9.59 Å². The van der Waals surface area contributed by atoms with Crippen molar-refractivity contribution in [2.24, 2.45) is 0 Å². The Morgan fingerprint density at radius 2 is 2.03 bits per heavy atom. The van der Waals surface area contributed by atoms with Crippen molar-refractivity contribution in [1.29, 1.82) is 0 Å². The number of rotatable bonds is 4. The molecule has 0 aliphatic carbocycles. The lowest BCUT2D eigenvalue weighted by atomic mass is 10.1. The molecule has 7 nitrogen and oxygen atoms in total. The summed E-state index contributed by atoms with van der Waals surface area (Å²) >= 11 is 5.12. The Balaban J connectivity index is 0.000000806. The molecule has 2 heterocycles. The number of anilines is 1. The molecule has 30 heavy (non-hydrogen) atoms. The predicted octanol–water partition coefficient (Wildman–Crippen LogP) is 4.24. The summed E-state index contributed by atoms with van der Waals surface area (Å²) in [4.78, 5) is 24.3. The van der Waals surface area contributed by atoms with Gasteiger partial charge >= 0.3 is 0 Å². The molecule has 3 rings (SSSR count). The van der Waals surface area contributed by atoms with Crippen LogP contribution >= 0.6 is 27.9 Å². The Morgan fingerprint density at radius 1 is 1.40 bits per heavy atom. The van der Waals surface area contributed by atoms with Crippen molar-refractivity contribution in [3.05, 3.63) is 22.7 Å². The molecule has 0 bridgehead atoms. The van der Waals surface area contributed by atoms with Crippen LogP contribution in [0.15, 0.2) is 27.6 Å². The molecule has 2 aliphatic rings. The standard InChI is InChI=1S/C14H19BrN4OS.C3H8.C2H4O2.C2H6/c1-16-8-13(20)19-6-2-3-11(19)14-17-10-5-4-9(15)7-12(10)21-18-14;1-3-2;1-4-2-3;1-2/h4-5,7,11,14,16-18H,2-3,6,8H2,1H3;3H2,1-2H3;2H,1H3;1-2H3/t11?,14-;;;/m1.../s1. The summed E-state index contributed by atoms with van der Waals surface area (Å²) in [5.74, 6) is 0.176. The van der Waals surface area contributed by atoms with Crippen LogP contribution in [0.2, 0.25) is 0 Å². The first-order chi connectivity index (χ1) is 14.5. The molecule has 1 unspecified atom stereocenters. The molecule has 0 aromatic heterocycles. The van der Waals surface area contributed by atoms with Crippen LogP contribution in [-0.4, -0.2) is 56.7 Å². The molecule has 3 N–H and O–H groups in total. The van der Waals surface area contributed by atoms with E-state index in [0.717, 1.165) is 29.5 Å². The first kappa shape index (κ1) is 28.7. The van der Waals surface area contributed by atoms with Crippen molar-refractivity contribution >= 4 is 45.9 Å². The number of carbonyl (C=O) groups excluding carboxylic acids is 2. The highest BCUT2D eigenvalue weighted by atomic mass is 79.9. The van der Waals surface area contributed by atoms with Crippen molar-refractivity contribution in [3.63, 3.8) is 0 Å². The van der Waals surface area contributed by atoms with Gasteiger partial charge in [-0.15, -0.1) is 0 Å². The summed E-state index contributed by atoms with van der Waals surface area (Å²) in [6, 6.07) is 6.41. The minimum Gasteiger partial charge on any atom is -0.471 e. The zero-order chi connectivity index (χ0) is 22.9. The van der Waals surface area contributed by atoms with E-state index in [9.17, 15) is 4.79 Å². The molecule has 1 fully saturated rings. The van der Waals surface area contributed by atoms with Crippen LogP contribution in [0, 0.1) is 0 Å². The number of likely N-dealkylation sites (N-methyl/N-ethyl adjacent to an activating group) is 1. The maximum absolute atomic E-state index is 12.2. The van der Waals surface area contributed by atoms with Gasteiger partial charge < -0.3 is 20.3 Å². The fourth-order valence-electron chi connectivity index (χ4n) is 2.90. The maximum atomic E-state index is 12.2. The van der Waals surface area contributed by atoms with E-state index < -0.39 is 0 Å². The molecule has 172 valence electrons. The van der Waals surface area contributed by atoms with Crippen molar-refractivity contribution in [1.82, 2.24) is 14.9 Å². The number of likely N-dealkylation sites (tertiary alicyclic amines) is 1. The molecule has 1 aromatic rings. The summed E-state index contributed by atoms with van der Waals surface area (Å²) in [6.45, 7) is 9.88. The first-order valence-electron chi connectivity index (χ1n) is 10.4. The minimum absolute atomic E-state index is 0.0898. The molecule has 0 spiro atoms. The summed E-state index contributed by atoms with van der Waals surface area (Å²) in [7, 11) is 3.12. The number of fused-ring (bicyclic) bond motifs is 1. The molecule has 0 radical (unpaired) electrons. The number of ether oxygens (including phenoxy) is 1.